The smallest absolute Gasteiger partial charge is 0.459 e. The number of carbonyl (C=O) groups is 1. The molecule has 0 radical (unpaired) electrons. The number of esters is 1. The molecular weight excluding hydrogens is 439 g/mol. The van der Waals surface area contributed by atoms with Crippen molar-refractivity contribution in [1.29, 1.82) is 0 Å². The average Bonchev–Trinajstić information content (AvgIpc) is 2.50. The number of unbranched alkanes of at least 4 members (excludes halogenated alkanes) is 1. The van der Waals surface area contributed by atoms with Crippen LogP contribution in [-0.4, -0.2) is 46.5 Å². The predicted octanol–water partition coefficient (Wildman–Crippen LogP) is 6.87. The second-order valence-corrected chi connectivity index (χ2v) is 8.80. The van der Waals surface area contributed by atoms with Crippen molar-refractivity contribution >= 4 is 17.7 Å². The van der Waals surface area contributed by atoms with E-state index >= 15 is 0 Å². The van der Waals surface area contributed by atoms with Crippen LogP contribution in [-0.2, 0) is 9.53 Å². The minimum Gasteiger partial charge on any atom is -0.459 e. The van der Waals surface area contributed by atoms with Crippen molar-refractivity contribution in [3.63, 3.8) is 0 Å². The van der Waals surface area contributed by atoms with E-state index in [1.807, 2.05) is 6.92 Å². The van der Waals surface area contributed by atoms with Gasteiger partial charge in [-0.2, -0.15) is 39.5 Å². The second-order valence-electron chi connectivity index (χ2n) is 7.49. The molecule has 0 fully saturated rings. The van der Waals surface area contributed by atoms with Gasteiger partial charge in [0.05, 0.1) is 0 Å². The van der Waals surface area contributed by atoms with Gasteiger partial charge in [-0.15, -0.1) is 11.8 Å². The van der Waals surface area contributed by atoms with Crippen LogP contribution in [0, 0.1) is 0 Å². The lowest BCUT2D eigenvalue weighted by Gasteiger charge is -2.33. The van der Waals surface area contributed by atoms with Crippen LogP contribution in [0.25, 0.3) is 0 Å². The quantitative estimate of drug-likeness (QED) is 0.190. The topological polar surface area (TPSA) is 26.3 Å². The van der Waals surface area contributed by atoms with E-state index in [0.29, 0.717) is 19.3 Å². The Labute approximate surface area is 167 Å². The molecule has 2 nitrogen and oxygen atoms in total. The maximum atomic E-state index is 13.5. The summed E-state index contributed by atoms with van der Waals surface area (Å²) in [5.41, 5.74) is -0.819. The van der Waals surface area contributed by atoms with Crippen LogP contribution in [0.5, 0.6) is 0 Å². The molecule has 0 aromatic rings. The molecule has 1 unspecified atom stereocenters. The van der Waals surface area contributed by atoms with Crippen LogP contribution in [0.15, 0.2) is 0 Å². The molecular formula is C17H25F9O2S. The van der Waals surface area contributed by atoms with Gasteiger partial charge in [-0.05, 0) is 39.4 Å². The molecule has 0 aromatic heterocycles. The van der Waals surface area contributed by atoms with Gasteiger partial charge in [-0.25, -0.2) is 0 Å². The first-order valence-electron chi connectivity index (χ1n) is 8.85. The van der Waals surface area contributed by atoms with Gasteiger partial charge in [0, 0.05) is 6.42 Å². The van der Waals surface area contributed by atoms with E-state index in [1.54, 1.807) is 20.8 Å². The molecule has 0 N–H and O–H groups in total. The summed E-state index contributed by atoms with van der Waals surface area (Å²) in [5.74, 6) is -20.0. The van der Waals surface area contributed by atoms with Gasteiger partial charge < -0.3 is 4.74 Å². The van der Waals surface area contributed by atoms with Crippen LogP contribution < -0.4 is 0 Å². The highest BCUT2D eigenvalue weighted by Gasteiger charge is 2.81. The minimum absolute atomic E-state index is 0.314. The normalized spacial score (nSPS) is 15.3. The fourth-order valence-electron chi connectivity index (χ4n) is 2.11. The van der Waals surface area contributed by atoms with Crippen LogP contribution in [0.3, 0.4) is 0 Å². The van der Waals surface area contributed by atoms with Gasteiger partial charge in [0.25, 0.3) is 0 Å². The third-order valence-electron chi connectivity index (χ3n) is 3.65. The molecule has 0 saturated carbocycles. The number of carbonyl (C=O) groups excluding carboxylic acids is 1. The van der Waals surface area contributed by atoms with Gasteiger partial charge in [-0.1, -0.05) is 19.8 Å². The van der Waals surface area contributed by atoms with Crippen molar-refractivity contribution in [2.45, 2.75) is 94.6 Å². The Bertz CT molecular complexity index is 528. The molecule has 0 aliphatic carbocycles. The SMILES string of the molecule is CCCCC(SCCCC(F)(F)C(F)(F)C(F)(F)C(F)(F)F)C(=O)OC(C)(C)C. The first-order chi connectivity index (χ1) is 12.8. The standard InChI is InChI=1S/C17H25F9O2S/c1-5-6-8-11(12(27)28-13(2,3)4)29-10-7-9-14(18,19)15(20,21)16(22,23)17(24,25)26/h11H,5-10H2,1-4H3. The van der Waals surface area contributed by atoms with Crippen molar-refractivity contribution in [2.75, 3.05) is 5.75 Å². The summed E-state index contributed by atoms with van der Waals surface area (Å²) >= 11 is 0.812. The number of alkyl halides is 9. The predicted molar refractivity (Wildman–Crippen MR) is 91.7 cm³/mol. The van der Waals surface area contributed by atoms with E-state index in [0.717, 1.165) is 11.8 Å². The van der Waals surface area contributed by atoms with Gasteiger partial charge >= 0.3 is 29.9 Å². The lowest BCUT2D eigenvalue weighted by molar-refractivity contribution is -0.396. The highest BCUT2D eigenvalue weighted by molar-refractivity contribution is 8.00. The van der Waals surface area contributed by atoms with Crippen LogP contribution >= 0.6 is 11.8 Å². The summed E-state index contributed by atoms with van der Waals surface area (Å²) in [6.45, 7) is 6.65. The molecule has 0 aliphatic heterocycles. The maximum absolute atomic E-state index is 13.5. The lowest BCUT2D eigenvalue weighted by Crippen LogP contribution is -2.60. The Morgan fingerprint density at radius 1 is 0.897 bits per heavy atom. The molecule has 0 aromatic carbocycles. The van der Waals surface area contributed by atoms with Gasteiger partial charge in [-0.3, -0.25) is 4.79 Å². The number of halogens is 9. The minimum atomic E-state index is -6.88. The van der Waals surface area contributed by atoms with Crippen LogP contribution in [0.2, 0.25) is 0 Å². The van der Waals surface area contributed by atoms with Gasteiger partial charge in [0.1, 0.15) is 10.9 Å². The van der Waals surface area contributed by atoms with E-state index in [1.165, 1.54) is 0 Å². The number of thioether (sulfide) groups is 1. The largest absolute Gasteiger partial charge is 0.460 e. The monoisotopic (exact) mass is 464 g/mol. The lowest BCUT2D eigenvalue weighted by atomic mass is 10.00. The molecule has 1 atom stereocenters. The maximum Gasteiger partial charge on any atom is 0.460 e. The molecule has 0 amide bonds. The van der Waals surface area contributed by atoms with Crippen molar-refractivity contribution in [3.8, 4) is 0 Å². The third-order valence-corrected chi connectivity index (χ3v) is 5.01. The summed E-state index contributed by atoms with van der Waals surface area (Å²) in [6, 6.07) is 0. The van der Waals surface area contributed by atoms with Gasteiger partial charge in [0.2, 0.25) is 0 Å². The Hall–Kier alpha value is -0.810. The Morgan fingerprint density at radius 2 is 1.41 bits per heavy atom. The molecule has 0 heterocycles. The number of hydrogen-bond acceptors (Lipinski definition) is 3. The molecule has 0 spiro atoms. The molecule has 0 bridgehead atoms. The van der Waals surface area contributed by atoms with E-state index in [-0.39, 0.29) is 5.75 Å². The first-order valence-corrected chi connectivity index (χ1v) is 9.89. The molecule has 0 rings (SSSR count). The molecule has 0 aliphatic rings. The Balaban J connectivity index is 4.98. The van der Waals surface area contributed by atoms with Crippen molar-refractivity contribution in [3.05, 3.63) is 0 Å². The summed E-state index contributed by atoms with van der Waals surface area (Å²) in [5, 5.41) is -0.792. The van der Waals surface area contributed by atoms with E-state index in [9.17, 15) is 44.3 Å². The molecule has 0 saturated heterocycles. The zero-order valence-corrected chi connectivity index (χ0v) is 17.3. The van der Waals surface area contributed by atoms with Gasteiger partial charge in [0.15, 0.2) is 0 Å². The summed E-state index contributed by atoms with van der Waals surface area (Å²) < 4.78 is 121. The zero-order valence-electron chi connectivity index (χ0n) is 16.4. The fourth-order valence-corrected chi connectivity index (χ4v) is 3.22. The number of rotatable bonds is 11. The molecule has 12 heteroatoms. The zero-order chi connectivity index (χ0) is 23.3. The first kappa shape index (κ1) is 28.2. The fraction of sp³-hybridized carbons (Fsp3) is 0.941. The Kier molecular flexibility index (Phi) is 9.72. The number of hydrogen-bond donors (Lipinski definition) is 0. The number of ether oxygens (including phenoxy) is 1. The van der Waals surface area contributed by atoms with Crippen molar-refractivity contribution < 1.29 is 49.0 Å². The van der Waals surface area contributed by atoms with E-state index in [4.69, 9.17) is 4.74 Å². The van der Waals surface area contributed by atoms with Crippen LogP contribution in [0.4, 0.5) is 39.5 Å². The third kappa shape index (κ3) is 7.75. The highest BCUT2D eigenvalue weighted by atomic mass is 32.2. The summed E-state index contributed by atoms with van der Waals surface area (Å²) in [7, 11) is 0. The van der Waals surface area contributed by atoms with Crippen LogP contribution in [0.1, 0.15) is 59.8 Å². The summed E-state index contributed by atoms with van der Waals surface area (Å²) in [6.07, 6.45) is -7.91. The Morgan fingerprint density at radius 3 is 1.83 bits per heavy atom. The average molecular weight is 464 g/mol. The second kappa shape index (κ2) is 10.00. The molecule has 29 heavy (non-hydrogen) atoms. The van der Waals surface area contributed by atoms with Crippen molar-refractivity contribution in [2.24, 2.45) is 0 Å². The highest BCUT2D eigenvalue weighted by Crippen LogP contribution is 2.54. The summed E-state index contributed by atoms with van der Waals surface area (Å²) in [4.78, 5) is 12.1. The van der Waals surface area contributed by atoms with E-state index < -0.39 is 53.6 Å². The molecule has 174 valence electrons. The van der Waals surface area contributed by atoms with Crippen molar-refractivity contribution in [1.82, 2.24) is 0 Å². The van der Waals surface area contributed by atoms with E-state index in [2.05, 4.69) is 0 Å².